The van der Waals surface area contributed by atoms with E-state index in [1.54, 1.807) is 32.7 Å². The molecule has 1 rings (SSSR count). The van der Waals surface area contributed by atoms with Crippen molar-refractivity contribution < 1.29 is 8.42 Å². The number of benzene rings is 1. The van der Waals surface area contributed by atoms with E-state index in [1.807, 2.05) is 18.2 Å². The standard InChI is InChI=1S/C16H27N3O2S2.HI/c1-13(22-14-9-7-6-8-10-14)11-18-15(17-4)19-12-16(2,3)23(5,20)21;/h6-10,13H,11-12H2,1-5H3,(H2,17,18,19);1H. The molecule has 0 aromatic heterocycles. The van der Waals surface area contributed by atoms with Crippen LogP contribution < -0.4 is 10.6 Å². The van der Waals surface area contributed by atoms with E-state index < -0.39 is 14.6 Å². The molecule has 0 saturated heterocycles. The molecule has 0 amide bonds. The Balaban J connectivity index is 0.00000529. The van der Waals surface area contributed by atoms with E-state index in [4.69, 9.17) is 0 Å². The number of nitrogens with one attached hydrogen (secondary N) is 2. The lowest BCUT2D eigenvalue weighted by Gasteiger charge is -2.24. The number of aliphatic imine (C=N–C) groups is 1. The van der Waals surface area contributed by atoms with Crippen LogP contribution in [0.3, 0.4) is 0 Å². The zero-order valence-electron chi connectivity index (χ0n) is 14.9. The summed E-state index contributed by atoms with van der Waals surface area (Å²) >= 11 is 1.78. The SMILES string of the molecule is CN=C(NCC(C)Sc1ccccc1)NCC(C)(C)S(C)(=O)=O.I. The summed E-state index contributed by atoms with van der Waals surface area (Å²) < 4.78 is 22.6. The van der Waals surface area contributed by atoms with Gasteiger partial charge >= 0.3 is 0 Å². The molecule has 24 heavy (non-hydrogen) atoms. The number of thioether (sulfide) groups is 1. The molecule has 8 heteroatoms. The minimum absolute atomic E-state index is 0. The highest BCUT2D eigenvalue weighted by Crippen LogP contribution is 2.21. The van der Waals surface area contributed by atoms with Gasteiger partial charge in [-0.15, -0.1) is 35.7 Å². The Morgan fingerprint density at radius 2 is 1.83 bits per heavy atom. The van der Waals surface area contributed by atoms with E-state index >= 15 is 0 Å². The quantitative estimate of drug-likeness (QED) is 0.269. The lowest BCUT2D eigenvalue weighted by atomic mass is 10.2. The van der Waals surface area contributed by atoms with E-state index in [9.17, 15) is 8.42 Å². The summed E-state index contributed by atoms with van der Waals surface area (Å²) in [5, 5.41) is 6.68. The maximum atomic E-state index is 11.7. The third-order valence-electron chi connectivity index (χ3n) is 3.55. The molecule has 5 nitrogen and oxygen atoms in total. The van der Waals surface area contributed by atoms with E-state index in [1.165, 1.54) is 11.2 Å². The highest BCUT2D eigenvalue weighted by atomic mass is 127. The molecule has 0 aliphatic carbocycles. The fourth-order valence-electron chi connectivity index (χ4n) is 1.66. The first-order chi connectivity index (χ1) is 10.7. The number of hydrogen-bond acceptors (Lipinski definition) is 4. The molecule has 0 spiro atoms. The van der Waals surface area contributed by atoms with Gasteiger partial charge in [-0.1, -0.05) is 25.1 Å². The largest absolute Gasteiger partial charge is 0.355 e. The number of sulfone groups is 1. The maximum absolute atomic E-state index is 11.7. The Morgan fingerprint density at radius 3 is 2.33 bits per heavy atom. The van der Waals surface area contributed by atoms with Gasteiger partial charge < -0.3 is 10.6 Å². The minimum atomic E-state index is -3.13. The van der Waals surface area contributed by atoms with E-state index in [0.717, 1.165) is 6.54 Å². The summed E-state index contributed by atoms with van der Waals surface area (Å²) in [7, 11) is -1.45. The van der Waals surface area contributed by atoms with Crippen LogP contribution in [0.2, 0.25) is 0 Å². The molecule has 1 unspecified atom stereocenters. The molecule has 0 aliphatic heterocycles. The monoisotopic (exact) mass is 485 g/mol. The second kappa shape index (κ2) is 10.5. The van der Waals surface area contributed by atoms with Crippen molar-refractivity contribution in [3.8, 4) is 0 Å². The Morgan fingerprint density at radius 1 is 1.25 bits per heavy atom. The highest BCUT2D eigenvalue weighted by molar-refractivity contribution is 14.0. The first-order valence-electron chi connectivity index (χ1n) is 7.51. The topological polar surface area (TPSA) is 70.6 Å². The van der Waals surface area contributed by atoms with E-state index in [-0.39, 0.29) is 24.0 Å². The van der Waals surface area contributed by atoms with Crippen LogP contribution in [-0.4, -0.2) is 50.8 Å². The van der Waals surface area contributed by atoms with Crippen molar-refractivity contribution in [1.82, 2.24) is 10.6 Å². The molecular weight excluding hydrogens is 457 g/mol. The zero-order chi connectivity index (χ0) is 17.5. The van der Waals surface area contributed by atoms with Crippen molar-refractivity contribution in [2.24, 2.45) is 4.99 Å². The van der Waals surface area contributed by atoms with E-state index in [2.05, 4.69) is 34.7 Å². The zero-order valence-corrected chi connectivity index (χ0v) is 18.8. The van der Waals surface area contributed by atoms with Crippen LogP contribution in [0, 0.1) is 0 Å². The van der Waals surface area contributed by atoms with Gasteiger partial charge in [0.1, 0.15) is 0 Å². The van der Waals surface area contributed by atoms with Gasteiger partial charge in [-0.2, -0.15) is 0 Å². The Bertz CT molecular complexity index is 619. The van der Waals surface area contributed by atoms with Gasteiger partial charge in [-0.3, -0.25) is 4.99 Å². The second-order valence-corrected chi connectivity index (χ2v) is 10.2. The molecule has 1 aromatic carbocycles. The molecule has 0 aliphatic rings. The molecule has 138 valence electrons. The Kier molecular flexibility index (Phi) is 10.3. The van der Waals surface area contributed by atoms with Gasteiger partial charge in [-0.05, 0) is 26.0 Å². The van der Waals surface area contributed by atoms with Crippen LogP contribution in [0.25, 0.3) is 0 Å². The molecule has 0 saturated carbocycles. The Hall–Kier alpha value is -0.480. The van der Waals surface area contributed by atoms with Crippen molar-refractivity contribution in [1.29, 1.82) is 0 Å². The summed E-state index contributed by atoms with van der Waals surface area (Å²) in [6.07, 6.45) is 1.25. The molecule has 0 heterocycles. The molecular formula is C16H28IN3O2S2. The fourth-order valence-corrected chi connectivity index (χ4v) is 2.94. The predicted molar refractivity (Wildman–Crippen MR) is 115 cm³/mol. The summed E-state index contributed by atoms with van der Waals surface area (Å²) in [6.45, 7) is 6.59. The van der Waals surface area contributed by atoms with Crippen molar-refractivity contribution in [3.63, 3.8) is 0 Å². The minimum Gasteiger partial charge on any atom is -0.355 e. The lowest BCUT2D eigenvalue weighted by molar-refractivity contribution is 0.544. The molecule has 2 N–H and O–H groups in total. The smallest absolute Gasteiger partial charge is 0.191 e. The van der Waals surface area contributed by atoms with Gasteiger partial charge in [0, 0.05) is 36.5 Å². The van der Waals surface area contributed by atoms with Crippen LogP contribution in [0.15, 0.2) is 40.2 Å². The van der Waals surface area contributed by atoms with Crippen LogP contribution in [0.1, 0.15) is 20.8 Å². The summed E-state index contributed by atoms with van der Waals surface area (Å²) in [4.78, 5) is 5.37. The summed E-state index contributed by atoms with van der Waals surface area (Å²) in [5.74, 6) is 0.613. The van der Waals surface area contributed by atoms with Crippen molar-refractivity contribution >= 4 is 51.5 Å². The summed E-state index contributed by atoms with van der Waals surface area (Å²) in [5.41, 5.74) is 0. The van der Waals surface area contributed by atoms with Gasteiger partial charge in [0.05, 0.1) is 4.75 Å². The molecule has 1 atom stereocenters. The number of hydrogen-bond donors (Lipinski definition) is 2. The molecule has 0 fully saturated rings. The van der Waals surface area contributed by atoms with Crippen molar-refractivity contribution in [3.05, 3.63) is 30.3 Å². The molecule has 0 bridgehead atoms. The van der Waals surface area contributed by atoms with Crippen molar-refractivity contribution in [2.75, 3.05) is 26.4 Å². The third-order valence-corrected chi connectivity index (χ3v) is 6.81. The van der Waals surface area contributed by atoms with Crippen LogP contribution in [0.4, 0.5) is 0 Å². The highest BCUT2D eigenvalue weighted by Gasteiger charge is 2.30. The van der Waals surface area contributed by atoms with Gasteiger partial charge in [0.25, 0.3) is 0 Å². The van der Waals surface area contributed by atoms with Crippen LogP contribution >= 0.6 is 35.7 Å². The van der Waals surface area contributed by atoms with Crippen molar-refractivity contribution in [2.45, 2.75) is 35.7 Å². The second-order valence-electron chi connectivity index (χ2n) is 6.08. The number of rotatable bonds is 7. The van der Waals surface area contributed by atoms with Gasteiger partial charge in [0.2, 0.25) is 0 Å². The first kappa shape index (κ1) is 23.5. The third kappa shape index (κ3) is 8.06. The van der Waals surface area contributed by atoms with Gasteiger partial charge in [0.15, 0.2) is 15.8 Å². The average Bonchev–Trinajstić information content (AvgIpc) is 2.47. The number of halogens is 1. The summed E-state index contributed by atoms with van der Waals surface area (Å²) in [6, 6.07) is 10.2. The van der Waals surface area contributed by atoms with Gasteiger partial charge in [-0.25, -0.2) is 8.42 Å². The normalized spacial score (nSPS) is 13.8. The first-order valence-corrected chi connectivity index (χ1v) is 10.3. The number of guanidine groups is 1. The predicted octanol–water partition coefficient (Wildman–Crippen LogP) is 2.77. The Labute approximate surface area is 167 Å². The van der Waals surface area contributed by atoms with Crippen LogP contribution in [-0.2, 0) is 9.84 Å². The fraction of sp³-hybridized carbons (Fsp3) is 0.562. The number of nitrogens with zero attached hydrogens (tertiary/aromatic N) is 1. The molecule has 1 aromatic rings. The molecule has 0 radical (unpaired) electrons. The average molecular weight is 485 g/mol. The van der Waals surface area contributed by atoms with Crippen LogP contribution in [0.5, 0.6) is 0 Å². The van der Waals surface area contributed by atoms with E-state index in [0.29, 0.717) is 17.8 Å². The lowest BCUT2D eigenvalue weighted by Crippen LogP contribution is -2.48. The maximum Gasteiger partial charge on any atom is 0.191 e.